The first kappa shape index (κ1) is 36.6. The Morgan fingerprint density at radius 2 is 0.891 bits per heavy atom. The number of nitrogens with zero attached hydrogens (tertiary/aromatic N) is 4. The number of benzene rings is 7. The molecule has 11 aromatic rings. The van der Waals surface area contributed by atoms with Crippen molar-refractivity contribution in [3.8, 4) is 67.4 Å². The molecule has 4 nitrogen and oxygen atoms in total. The third-order valence-electron chi connectivity index (χ3n) is 13.1. The number of hydrogen-bond acceptors (Lipinski definition) is 5. The molecule has 5 heterocycles. The highest BCUT2D eigenvalue weighted by atomic mass is 32.2. The summed E-state index contributed by atoms with van der Waals surface area (Å²) in [6, 6.07) is 74.2. The standard InChI is InChI=1S/C59H36N4S/c1-4-16-46-42(13-1)43-14-2-5-17-47(43)59(46)48-18-6-8-22-55(48)64-58-49(59)32-31-45-44-15-3-7-19-50(44)63-57(56(45)58)40-29-27-38(28-30-40)37-23-25-39(26-24-37)41-35-53(51-20-9-11-33-60-51)62-54(36-41)52-21-10-12-34-61-52/h1-36H. The summed E-state index contributed by atoms with van der Waals surface area (Å²) in [7, 11) is 0. The van der Waals surface area contributed by atoms with Crippen molar-refractivity contribution in [2.75, 3.05) is 0 Å². The molecule has 4 aromatic heterocycles. The Kier molecular flexibility index (Phi) is 8.33. The number of aromatic nitrogens is 4. The van der Waals surface area contributed by atoms with Crippen molar-refractivity contribution in [1.82, 2.24) is 19.9 Å². The topological polar surface area (TPSA) is 51.6 Å². The Morgan fingerprint density at radius 3 is 1.52 bits per heavy atom. The van der Waals surface area contributed by atoms with Gasteiger partial charge in [0.2, 0.25) is 0 Å². The summed E-state index contributed by atoms with van der Waals surface area (Å²) in [5.74, 6) is 0. The average Bonchev–Trinajstić information content (AvgIpc) is 3.67. The molecule has 0 bridgehead atoms. The van der Waals surface area contributed by atoms with Gasteiger partial charge in [-0.15, -0.1) is 0 Å². The molecule has 1 spiro atoms. The van der Waals surface area contributed by atoms with E-state index < -0.39 is 5.41 Å². The minimum absolute atomic E-state index is 0.465. The van der Waals surface area contributed by atoms with Crippen LogP contribution in [0.2, 0.25) is 0 Å². The van der Waals surface area contributed by atoms with Crippen LogP contribution in [0.1, 0.15) is 22.3 Å². The smallest absolute Gasteiger partial charge is 0.0900 e. The molecule has 0 atom stereocenters. The van der Waals surface area contributed by atoms with Gasteiger partial charge in [-0.2, -0.15) is 0 Å². The van der Waals surface area contributed by atoms with E-state index >= 15 is 0 Å². The molecule has 7 aromatic carbocycles. The first-order valence-electron chi connectivity index (χ1n) is 21.6. The van der Waals surface area contributed by atoms with Crippen molar-refractivity contribution in [2.45, 2.75) is 15.2 Å². The number of pyridine rings is 4. The fraction of sp³-hybridized carbons (Fsp3) is 0.0169. The predicted octanol–water partition coefficient (Wildman–Crippen LogP) is 14.7. The van der Waals surface area contributed by atoms with Crippen LogP contribution in [0, 0.1) is 0 Å². The van der Waals surface area contributed by atoms with Gasteiger partial charge in [0.05, 0.1) is 39.4 Å². The lowest BCUT2D eigenvalue weighted by atomic mass is 9.67. The molecule has 0 N–H and O–H groups in total. The van der Waals surface area contributed by atoms with Crippen LogP contribution in [0.15, 0.2) is 228 Å². The zero-order chi connectivity index (χ0) is 42.2. The van der Waals surface area contributed by atoms with Crippen LogP contribution in [0.3, 0.4) is 0 Å². The second-order valence-corrected chi connectivity index (χ2v) is 17.5. The zero-order valence-corrected chi connectivity index (χ0v) is 35.3. The van der Waals surface area contributed by atoms with Crippen molar-refractivity contribution >= 4 is 33.4 Å². The molecule has 0 saturated carbocycles. The third kappa shape index (κ3) is 5.57. The fourth-order valence-corrected chi connectivity index (χ4v) is 11.6. The van der Waals surface area contributed by atoms with Gasteiger partial charge in [0.25, 0.3) is 0 Å². The quantitative estimate of drug-likeness (QED) is 0.162. The fourth-order valence-electron chi connectivity index (χ4n) is 10.2. The van der Waals surface area contributed by atoms with Gasteiger partial charge in [0, 0.05) is 38.5 Å². The van der Waals surface area contributed by atoms with Crippen LogP contribution in [-0.2, 0) is 5.41 Å². The van der Waals surface area contributed by atoms with E-state index in [1.165, 1.54) is 53.9 Å². The largest absolute Gasteiger partial charge is 0.255 e. The molecule has 1 aliphatic heterocycles. The predicted molar refractivity (Wildman–Crippen MR) is 261 cm³/mol. The summed E-state index contributed by atoms with van der Waals surface area (Å²) < 4.78 is 0. The van der Waals surface area contributed by atoms with E-state index in [2.05, 4.69) is 180 Å². The Balaban J connectivity index is 0.940. The molecule has 5 heteroatoms. The second kappa shape index (κ2) is 14.6. The van der Waals surface area contributed by atoms with Crippen molar-refractivity contribution in [2.24, 2.45) is 0 Å². The number of rotatable bonds is 5. The monoisotopic (exact) mass is 832 g/mol. The van der Waals surface area contributed by atoms with E-state index in [0.717, 1.165) is 67.2 Å². The molecule has 2 aliphatic rings. The first-order valence-corrected chi connectivity index (χ1v) is 22.4. The summed E-state index contributed by atoms with van der Waals surface area (Å²) in [6.07, 6.45) is 3.61. The Labute approximate surface area is 375 Å². The van der Waals surface area contributed by atoms with E-state index in [1.54, 1.807) is 12.4 Å². The lowest BCUT2D eigenvalue weighted by Gasteiger charge is -2.40. The molecule has 1 aliphatic carbocycles. The molecule has 64 heavy (non-hydrogen) atoms. The molecular weight excluding hydrogens is 797 g/mol. The van der Waals surface area contributed by atoms with Gasteiger partial charge in [0.15, 0.2) is 0 Å². The maximum absolute atomic E-state index is 5.52. The van der Waals surface area contributed by atoms with E-state index in [9.17, 15) is 0 Å². The highest BCUT2D eigenvalue weighted by Gasteiger charge is 2.50. The number of fused-ring (bicyclic) bond motifs is 13. The summed E-state index contributed by atoms with van der Waals surface area (Å²) in [4.78, 5) is 22.3. The molecule has 0 amide bonds. The van der Waals surface area contributed by atoms with Gasteiger partial charge < -0.3 is 0 Å². The molecule has 0 fully saturated rings. The van der Waals surface area contributed by atoms with Crippen LogP contribution in [-0.4, -0.2) is 19.9 Å². The Hall–Kier alpha value is -7.99. The van der Waals surface area contributed by atoms with Crippen LogP contribution < -0.4 is 0 Å². The molecule has 0 saturated heterocycles. The van der Waals surface area contributed by atoms with Gasteiger partial charge in [0.1, 0.15) is 0 Å². The van der Waals surface area contributed by atoms with Crippen molar-refractivity contribution in [3.63, 3.8) is 0 Å². The van der Waals surface area contributed by atoms with Gasteiger partial charge in [-0.25, -0.2) is 9.97 Å². The first-order chi connectivity index (χ1) is 31.7. The van der Waals surface area contributed by atoms with E-state index in [-0.39, 0.29) is 0 Å². The SMILES string of the molecule is c1ccc(-c2cc(-c3ccc(-c4ccc(-c5nc6ccccc6c6ccc7c(c56)Sc5ccccc5C75c6ccccc6-c6ccccc65)cc4)cc3)cc(-c3ccccn3)n2)nc1. The van der Waals surface area contributed by atoms with E-state index in [4.69, 9.17) is 9.97 Å². The number of para-hydroxylation sites is 1. The molecule has 298 valence electrons. The molecular formula is C59H36N4S. The van der Waals surface area contributed by atoms with E-state index in [0.29, 0.717) is 0 Å². The summed E-state index contributed by atoms with van der Waals surface area (Å²) in [5, 5.41) is 3.57. The van der Waals surface area contributed by atoms with Crippen molar-refractivity contribution < 1.29 is 0 Å². The van der Waals surface area contributed by atoms with Gasteiger partial charge in [-0.05, 0) is 110 Å². The lowest BCUT2D eigenvalue weighted by Crippen LogP contribution is -2.32. The second-order valence-electron chi connectivity index (χ2n) is 16.5. The third-order valence-corrected chi connectivity index (χ3v) is 14.3. The zero-order valence-electron chi connectivity index (χ0n) is 34.5. The van der Waals surface area contributed by atoms with E-state index in [1.807, 2.05) is 48.2 Å². The Bertz CT molecular complexity index is 3520. The van der Waals surface area contributed by atoms with Crippen molar-refractivity contribution in [1.29, 1.82) is 0 Å². The summed E-state index contributed by atoms with van der Waals surface area (Å²) >= 11 is 1.89. The van der Waals surface area contributed by atoms with Gasteiger partial charge in [-0.3, -0.25) is 9.97 Å². The lowest BCUT2D eigenvalue weighted by molar-refractivity contribution is 0.726. The highest BCUT2D eigenvalue weighted by Crippen LogP contribution is 2.63. The highest BCUT2D eigenvalue weighted by molar-refractivity contribution is 7.99. The molecule has 0 radical (unpaired) electrons. The maximum atomic E-state index is 5.52. The van der Waals surface area contributed by atoms with Crippen LogP contribution >= 0.6 is 11.8 Å². The van der Waals surface area contributed by atoms with Crippen LogP contribution in [0.4, 0.5) is 0 Å². The van der Waals surface area contributed by atoms with Gasteiger partial charge >= 0.3 is 0 Å². The van der Waals surface area contributed by atoms with Crippen LogP contribution in [0.25, 0.3) is 89.1 Å². The average molecular weight is 833 g/mol. The van der Waals surface area contributed by atoms with Crippen molar-refractivity contribution in [3.05, 3.63) is 241 Å². The summed E-state index contributed by atoms with van der Waals surface area (Å²) in [5.41, 5.74) is 18.2. The minimum atomic E-state index is -0.465. The minimum Gasteiger partial charge on any atom is -0.255 e. The number of hydrogen-bond donors (Lipinski definition) is 0. The van der Waals surface area contributed by atoms with Gasteiger partial charge in [-0.1, -0.05) is 169 Å². The molecule has 13 rings (SSSR count). The van der Waals surface area contributed by atoms with Crippen LogP contribution in [0.5, 0.6) is 0 Å². The normalized spacial score (nSPS) is 13.1. The Morgan fingerprint density at radius 1 is 0.359 bits per heavy atom. The molecule has 0 unspecified atom stereocenters. The summed E-state index contributed by atoms with van der Waals surface area (Å²) in [6.45, 7) is 0. The maximum Gasteiger partial charge on any atom is 0.0900 e.